The highest BCUT2D eigenvalue weighted by Gasteiger charge is 2.02. The number of aliphatic hydroxyl groups excluding tert-OH is 1. The molecule has 16 heavy (non-hydrogen) atoms. The molecule has 0 aliphatic rings. The molecule has 0 aromatic rings. The minimum Gasteiger partial charge on any atom is -0.389 e. The largest absolute Gasteiger partial charge is 0.389 e. The molecule has 0 fully saturated rings. The van der Waals surface area contributed by atoms with Crippen molar-refractivity contribution in [1.29, 1.82) is 0 Å². The summed E-state index contributed by atoms with van der Waals surface area (Å²) < 4.78 is 10.6. The predicted molar refractivity (Wildman–Crippen MR) is 65.6 cm³/mol. The summed E-state index contributed by atoms with van der Waals surface area (Å²) in [7, 11) is 0. The molecule has 1 unspecified atom stereocenters. The van der Waals surface area contributed by atoms with Gasteiger partial charge in [-0.05, 0) is 18.9 Å². The smallest absolute Gasteiger partial charge is 0.0897 e. The lowest BCUT2D eigenvalue weighted by Gasteiger charge is -2.12. The Labute approximate surface area is 99.3 Å². The molecule has 0 spiro atoms. The van der Waals surface area contributed by atoms with Gasteiger partial charge in [-0.1, -0.05) is 20.8 Å². The molecule has 0 aliphatic heterocycles. The second-order valence-electron chi connectivity index (χ2n) is 4.40. The van der Waals surface area contributed by atoms with Crippen molar-refractivity contribution in [2.24, 2.45) is 5.92 Å². The third kappa shape index (κ3) is 11.9. The van der Waals surface area contributed by atoms with E-state index < -0.39 is 6.10 Å². The van der Waals surface area contributed by atoms with Crippen LogP contribution in [0.1, 0.15) is 27.2 Å². The summed E-state index contributed by atoms with van der Waals surface area (Å²) in [6.07, 6.45) is 0.660. The monoisotopic (exact) mass is 233 g/mol. The van der Waals surface area contributed by atoms with Crippen molar-refractivity contribution in [3.05, 3.63) is 0 Å². The third-order valence-corrected chi connectivity index (χ3v) is 1.94. The second kappa shape index (κ2) is 11.3. The molecule has 98 valence electrons. The molecule has 0 amide bonds. The zero-order valence-corrected chi connectivity index (χ0v) is 10.9. The summed E-state index contributed by atoms with van der Waals surface area (Å²) in [6, 6.07) is 0. The van der Waals surface area contributed by atoms with Gasteiger partial charge in [-0.25, -0.2) is 0 Å². The van der Waals surface area contributed by atoms with Crippen molar-refractivity contribution >= 4 is 0 Å². The van der Waals surface area contributed by atoms with E-state index >= 15 is 0 Å². The molecule has 0 saturated carbocycles. The van der Waals surface area contributed by atoms with Gasteiger partial charge in [0.2, 0.25) is 0 Å². The van der Waals surface area contributed by atoms with Gasteiger partial charge in [-0.2, -0.15) is 0 Å². The molecule has 0 aromatic carbocycles. The summed E-state index contributed by atoms with van der Waals surface area (Å²) in [5.74, 6) is 0.559. The number of rotatable bonds is 11. The Balaban J connectivity index is 3.12. The fourth-order valence-electron chi connectivity index (χ4n) is 1.16. The molecule has 0 bridgehead atoms. The lowest BCUT2D eigenvalue weighted by molar-refractivity contribution is -0.00000901. The number of ether oxygens (including phenoxy) is 2. The lowest BCUT2D eigenvalue weighted by Crippen LogP contribution is -2.31. The maximum atomic E-state index is 9.49. The second-order valence-corrected chi connectivity index (χ2v) is 4.40. The van der Waals surface area contributed by atoms with Crippen LogP contribution >= 0.6 is 0 Å². The van der Waals surface area contributed by atoms with E-state index in [0.717, 1.165) is 19.6 Å². The zero-order chi connectivity index (χ0) is 12.2. The Morgan fingerprint density at radius 1 is 1.12 bits per heavy atom. The first-order chi connectivity index (χ1) is 7.66. The minimum absolute atomic E-state index is 0.377. The Hall–Kier alpha value is -0.160. The van der Waals surface area contributed by atoms with E-state index in [9.17, 15) is 5.11 Å². The van der Waals surface area contributed by atoms with E-state index in [1.54, 1.807) is 0 Å². The fourth-order valence-corrected chi connectivity index (χ4v) is 1.16. The van der Waals surface area contributed by atoms with E-state index in [0.29, 0.717) is 32.3 Å². The maximum absolute atomic E-state index is 9.49. The Morgan fingerprint density at radius 2 is 1.75 bits per heavy atom. The molecular formula is C12H27NO3. The molecule has 4 heteroatoms. The maximum Gasteiger partial charge on any atom is 0.0897 e. The predicted octanol–water partition coefficient (Wildman–Crippen LogP) is 1.04. The third-order valence-electron chi connectivity index (χ3n) is 1.94. The van der Waals surface area contributed by atoms with Gasteiger partial charge in [0.1, 0.15) is 0 Å². The summed E-state index contributed by atoms with van der Waals surface area (Å²) in [6.45, 7) is 10.2. The number of hydrogen-bond donors (Lipinski definition) is 2. The van der Waals surface area contributed by atoms with Crippen LogP contribution in [0.2, 0.25) is 0 Å². The van der Waals surface area contributed by atoms with Gasteiger partial charge in [-0.15, -0.1) is 0 Å². The SMILES string of the molecule is CCCNCC(O)COCCOCC(C)C. The first-order valence-corrected chi connectivity index (χ1v) is 6.21. The number of nitrogens with one attached hydrogen (secondary N) is 1. The Kier molecular flexibility index (Phi) is 11.2. The van der Waals surface area contributed by atoms with Crippen molar-refractivity contribution in [3.63, 3.8) is 0 Å². The van der Waals surface area contributed by atoms with Crippen LogP contribution in [0.4, 0.5) is 0 Å². The highest BCUT2D eigenvalue weighted by Crippen LogP contribution is 1.92. The highest BCUT2D eigenvalue weighted by atomic mass is 16.5. The molecule has 4 nitrogen and oxygen atoms in total. The summed E-state index contributed by atoms with van der Waals surface area (Å²) in [5.41, 5.74) is 0. The van der Waals surface area contributed by atoms with Crippen LogP contribution in [-0.2, 0) is 9.47 Å². The lowest BCUT2D eigenvalue weighted by atomic mass is 10.2. The minimum atomic E-state index is -0.420. The van der Waals surface area contributed by atoms with Crippen LogP contribution in [0.15, 0.2) is 0 Å². The average Bonchev–Trinajstić information content (AvgIpc) is 2.23. The van der Waals surface area contributed by atoms with Crippen LogP contribution in [0.3, 0.4) is 0 Å². The van der Waals surface area contributed by atoms with E-state index in [1.807, 2.05) is 0 Å². The first kappa shape index (κ1) is 15.8. The normalized spacial score (nSPS) is 13.3. The van der Waals surface area contributed by atoms with Gasteiger partial charge >= 0.3 is 0 Å². The van der Waals surface area contributed by atoms with Crippen molar-refractivity contribution < 1.29 is 14.6 Å². The molecule has 0 heterocycles. The number of aliphatic hydroxyl groups is 1. The van der Waals surface area contributed by atoms with E-state index in [2.05, 4.69) is 26.1 Å². The van der Waals surface area contributed by atoms with Crippen molar-refractivity contribution in [1.82, 2.24) is 5.32 Å². The molecule has 0 radical (unpaired) electrons. The molecule has 0 aromatic heterocycles. The van der Waals surface area contributed by atoms with Gasteiger partial charge in [0.05, 0.1) is 25.9 Å². The molecule has 0 aliphatic carbocycles. The van der Waals surface area contributed by atoms with Crippen molar-refractivity contribution in [2.75, 3.05) is 39.5 Å². The quantitative estimate of drug-likeness (QED) is 0.524. The summed E-state index contributed by atoms with van der Waals surface area (Å²) >= 11 is 0. The van der Waals surface area contributed by atoms with Crippen molar-refractivity contribution in [2.45, 2.75) is 33.3 Å². The van der Waals surface area contributed by atoms with Gasteiger partial charge in [0, 0.05) is 13.2 Å². The van der Waals surface area contributed by atoms with Crippen LogP contribution in [0, 0.1) is 5.92 Å². The van der Waals surface area contributed by atoms with Gasteiger partial charge < -0.3 is 19.9 Å². The zero-order valence-electron chi connectivity index (χ0n) is 10.9. The van der Waals surface area contributed by atoms with Crippen LogP contribution < -0.4 is 5.32 Å². The summed E-state index contributed by atoms with van der Waals surface area (Å²) in [4.78, 5) is 0. The van der Waals surface area contributed by atoms with E-state index in [1.165, 1.54) is 0 Å². The van der Waals surface area contributed by atoms with Gasteiger partial charge in [0.25, 0.3) is 0 Å². The standard InChI is InChI=1S/C12H27NO3/c1-4-5-13-8-12(14)10-16-7-6-15-9-11(2)3/h11-14H,4-10H2,1-3H3. The fraction of sp³-hybridized carbons (Fsp3) is 1.00. The van der Waals surface area contributed by atoms with Crippen LogP contribution in [0.25, 0.3) is 0 Å². The molecule has 0 rings (SSSR count). The molecule has 1 atom stereocenters. The van der Waals surface area contributed by atoms with Crippen LogP contribution in [0.5, 0.6) is 0 Å². The average molecular weight is 233 g/mol. The molecule has 2 N–H and O–H groups in total. The molecular weight excluding hydrogens is 206 g/mol. The molecule has 0 saturated heterocycles. The summed E-state index contributed by atoms with van der Waals surface area (Å²) in [5, 5.41) is 12.6. The topological polar surface area (TPSA) is 50.7 Å². The number of hydrogen-bond acceptors (Lipinski definition) is 4. The van der Waals surface area contributed by atoms with E-state index in [4.69, 9.17) is 9.47 Å². The van der Waals surface area contributed by atoms with E-state index in [-0.39, 0.29) is 0 Å². The van der Waals surface area contributed by atoms with Gasteiger partial charge in [-0.3, -0.25) is 0 Å². The van der Waals surface area contributed by atoms with Crippen molar-refractivity contribution in [3.8, 4) is 0 Å². The Morgan fingerprint density at radius 3 is 2.31 bits per heavy atom. The van der Waals surface area contributed by atoms with Gasteiger partial charge in [0.15, 0.2) is 0 Å². The first-order valence-electron chi connectivity index (χ1n) is 6.21. The van der Waals surface area contributed by atoms with Crippen LogP contribution in [-0.4, -0.2) is 50.7 Å². The Bertz CT molecular complexity index is 142. The highest BCUT2D eigenvalue weighted by molar-refractivity contribution is 4.57.